The first-order valence-corrected chi connectivity index (χ1v) is 5.81. The third-order valence-electron chi connectivity index (χ3n) is 2.17. The Hall–Kier alpha value is -2.18. The molecule has 7 heteroatoms. The van der Waals surface area contributed by atoms with Crippen LogP contribution in [-0.4, -0.2) is 31.3 Å². The average molecular weight is 248 g/mol. The van der Waals surface area contributed by atoms with Gasteiger partial charge < -0.3 is 10.1 Å². The highest BCUT2D eigenvalue weighted by atomic mass is 16.5. The van der Waals surface area contributed by atoms with Gasteiger partial charge in [0.15, 0.2) is 5.82 Å². The molecule has 2 aromatic rings. The van der Waals surface area contributed by atoms with Gasteiger partial charge >= 0.3 is 0 Å². The molecule has 1 N–H and O–H groups in total. The Morgan fingerprint density at radius 2 is 2.22 bits per heavy atom. The Morgan fingerprint density at radius 3 is 2.94 bits per heavy atom. The minimum absolute atomic E-state index is 0.519. The van der Waals surface area contributed by atoms with Crippen LogP contribution in [0.1, 0.15) is 19.2 Å². The molecule has 0 aliphatic carbocycles. The van der Waals surface area contributed by atoms with Gasteiger partial charge in [-0.25, -0.2) is 15.0 Å². The molecule has 0 saturated carbocycles. The van der Waals surface area contributed by atoms with E-state index in [1.165, 1.54) is 6.33 Å². The summed E-state index contributed by atoms with van der Waals surface area (Å²) in [6.07, 6.45) is 4.08. The number of hydrogen-bond acceptors (Lipinski definition) is 6. The van der Waals surface area contributed by atoms with Crippen molar-refractivity contribution >= 4 is 5.82 Å². The Balaban J connectivity index is 1.92. The fraction of sp³-hybridized carbons (Fsp3) is 0.455. The van der Waals surface area contributed by atoms with E-state index < -0.39 is 0 Å². The maximum atomic E-state index is 5.43. The minimum Gasteiger partial charge on any atom is -0.478 e. The van der Waals surface area contributed by atoms with Crippen LogP contribution in [0.15, 0.2) is 18.7 Å². The van der Waals surface area contributed by atoms with E-state index in [4.69, 9.17) is 4.74 Å². The molecule has 0 amide bonds. The molecular formula is C11H16N6O. The lowest BCUT2D eigenvalue weighted by Gasteiger charge is -2.06. The van der Waals surface area contributed by atoms with E-state index >= 15 is 0 Å². The van der Waals surface area contributed by atoms with Gasteiger partial charge in [-0.2, -0.15) is 5.10 Å². The predicted molar refractivity (Wildman–Crippen MR) is 66.1 cm³/mol. The van der Waals surface area contributed by atoms with Crippen molar-refractivity contribution in [3.8, 4) is 5.88 Å². The monoisotopic (exact) mass is 248 g/mol. The topological polar surface area (TPSA) is 77.8 Å². The van der Waals surface area contributed by atoms with E-state index in [0.717, 1.165) is 6.42 Å². The summed E-state index contributed by atoms with van der Waals surface area (Å²) in [5.41, 5.74) is 0. The number of nitrogens with one attached hydrogen (secondary N) is 1. The molecular weight excluding hydrogens is 232 g/mol. The van der Waals surface area contributed by atoms with Crippen LogP contribution >= 0.6 is 0 Å². The molecule has 0 aliphatic rings. The van der Waals surface area contributed by atoms with E-state index in [1.807, 2.05) is 14.0 Å². The van der Waals surface area contributed by atoms with Crippen LogP contribution in [0.2, 0.25) is 0 Å². The predicted octanol–water partition coefficient (Wildman–Crippen LogP) is 1.01. The van der Waals surface area contributed by atoms with Crippen molar-refractivity contribution in [1.29, 1.82) is 0 Å². The Kier molecular flexibility index (Phi) is 4.06. The van der Waals surface area contributed by atoms with Crippen molar-refractivity contribution in [2.24, 2.45) is 7.05 Å². The van der Waals surface area contributed by atoms with Gasteiger partial charge in [0.2, 0.25) is 5.88 Å². The summed E-state index contributed by atoms with van der Waals surface area (Å²) in [7, 11) is 1.83. The van der Waals surface area contributed by atoms with Gasteiger partial charge in [-0.1, -0.05) is 6.92 Å². The standard InChI is InChI=1S/C11H16N6O/c1-3-4-18-11-5-9(13-7-14-11)12-6-10-15-8-17(2)16-10/h5,7-8H,3-4,6H2,1-2H3,(H,12,13,14). The van der Waals surface area contributed by atoms with Crippen molar-refractivity contribution in [1.82, 2.24) is 24.7 Å². The molecule has 0 aliphatic heterocycles. The maximum Gasteiger partial charge on any atom is 0.218 e. The van der Waals surface area contributed by atoms with Gasteiger partial charge in [-0.15, -0.1) is 0 Å². The maximum absolute atomic E-state index is 5.43. The summed E-state index contributed by atoms with van der Waals surface area (Å²) < 4.78 is 7.08. The van der Waals surface area contributed by atoms with Crippen LogP contribution in [0.5, 0.6) is 5.88 Å². The molecule has 18 heavy (non-hydrogen) atoms. The van der Waals surface area contributed by atoms with Gasteiger partial charge in [0.25, 0.3) is 0 Å². The van der Waals surface area contributed by atoms with Crippen LogP contribution in [0.25, 0.3) is 0 Å². The number of hydrogen-bond donors (Lipinski definition) is 1. The zero-order valence-electron chi connectivity index (χ0n) is 10.5. The fourth-order valence-corrected chi connectivity index (χ4v) is 1.36. The third-order valence-corrected chi connectivity index (χ3v) is 2.17. The first-order chi connectivity index (χ1) is 8.78. The molecule has 0 radical (unpaired) electrons. The van der Waals surface area contributed by atoms with Crippen LogP contribution < -0.4 is 10.1 Å². The van der Waals surface area contributed by atoms with Crippen molar-refractivity contribution < 1.29 is 4.74 Å². The second-order valence-electron chi connectivity index (χ2n) is 3.78. The van der Waals surface area contributed by atoms with E-state index in [1.54, 1.807) is 17.1 Å². The highest BCUT2D eigenvalue weighted by Gasteiger charge is 2.02. The quantitative estimate of drug-likeness (QED) is 0.822. The highest BCUT2D eigenvalue weighted by molar-refractivity contribution is 5.37. The van der Waals surface area contributed by atoms with Crippen LogP contribution in [0, 0.1) is 0 Å². The Bertz CT molecular complexity index is 498. The summed E-state index contributed by atoms with van der Waals surface area (Å²) in [6.45, 7) is 3.22. The summed E-state index contributed by atoms with van der Waals surface area (Å²) in [5, 5.41) is 7.29. The Labute approximate surface area is 105 Å². The van der Waals surface area contributed by atoms with E-state index in [0.29, 0.717) is 30.7 Å². The van der Waals surface area contributed by atoms with Gasteiger partial charge in [0, 0.05) is 13.1 Å². The minimum atomic E-state index is 0.519. The molecule has 2 aromatic heterocycles. The molecule has 0 saturated heterocycles. The van der Waals surface area contributed by atoms with E-state index in [-0.39, 0.29) is 0 Å². The summed E-state index contributed by atoms with van der Waals surface area (Å²) in [5.74, 6) is 1.99. The largest absolute Gasteiger partial charge is 0.478 e. The number of aryl methyl sites for hydroxylation is 1. The number of aromatic nitrogens is 5. The van der Waals surface area contributed by atoms with Crippen molar-refractivity contribution in [3.63, 3.8) is 0 Å². The first kappa shape index (κ1) is 12.3. The molecule has 0 spiro atoms. The lowest BCUT2D eigenvalue weighted by atomic mass is 10.5. The van der Waals surface area contributed by atoms with E-state index in [9.17, 15) is 0 Å². The second kappa shape index (κ2) is 5.95. The molecule has 0 atom stereocenters. The number of anilines is 1. The summed E-state index contributed by atoms with van der Waals surface area (Å²) in [6, 6.07) is 1.76. The average Bonchev–Trinajstić information content (AvgIpc) is 2.80. The van der Waals surface area contributed by atoms with Crippen LogP contribution in [0.3, 0.4) is 0 Å². The Morgan fingerprint density at radius 1 is 1.33 bits per heavy atom. The molecule has 0 bridgehead atoms. The van der Waals surface area contributed by atoms with Crippen molar-refractivity contribution in [2.45, 2.75) is 19.9 Å². The van der Waals surface area contributed by atoms with Gasteiger partial charge in [0.1, 0.15) is 18.5 Å². The molecule has 7 nitrogen and oxygen atoms in total. The third kappa shape index (κ3) is 3.41. The molecule has 2 rings (SSSR count). The van der Waals surface area contributed by atoms with E-state index in [2.05, 4.69) is 25.4 Å². The van der Waals surface area contributed by atoms with Crippen molar-refractivity contribution in [2.75, 3.05) is 11.9 Å². The lowest BCUT2D eigenvalue weighted by Crippen LogP contribution is -2.05. The van der Waals surface area contributed by atoms with Crippen molar-refractivity contribution in [3.05, 3.63) is 24.5 Å². The highest BCUT2D eigenvalue weighted by Crippen LogP contribution is 2.11. The normalized spacial score (nSPS) is 10.3. The zero-order chi connectivity index (χ0) is 12.8. The SMILES string of the molecule is CCCOc1cc(NCc2ncn(C)n2)ncn1. The lowest BCUT2D eigenvalue weighted by molar-refractivity contribution is 0.305. The smallest absolute Gasteiger partial charge is 0.218 e. The number of ether oxygens (including phenoxy) is 1. The van der Waals surface area contributed by atoms with Gasteiger partial charge in [-0.05, 0) is 6.42 Å². The zero-order valence-corrected chi connectivity index (χ0v) is 10.5. The number of nitrogens with zero attached hydrogens (tertiary/aromatic N) is 5. The fourth-order valence-electron chi connectivity index (χ4n) is 1.36. The molecule has 0 fully saturated rings. The van der Waals surface area contributed by atoms with Gasteiger partial charge in [0.05, 0.1) is 13.2 Å². The first-order valence-electron chi connectivity index (χ1n) is 5.81. The van der Waals surface area contributed by atoms with Crippen LogP contribution in [0.4, 0.5) is 5.82 Å². The van der Waals surface area contributed by atoms with Crippen LogP contribution in [-0.2, 0) is 13.6 Å². The van der Waals surface area contributed by atoms with Gasteiger partial charge in [-0.3, -0.25) is 4.68 Å². The molecule has 96 valence electrons. The summed E-state index contributed by atoms with van der Waals surface area (Å²) >= 11 is 0. The molecule has 0 unspecified atom stereocenters. The second-order valence-corrected chi connectivity index (χ2v) is 3.78. The molecule has 0 aromatic carbocycles. The molecule has 2 heterocycles. The summed E-state index contributed by atoms with van der Waals surface area (Å²) in [4.78, 5) is 12.2. The number of rotatable bonds is 6.